The van der Waals surface area contributed by atoms with Gasteiger partial charge in [-0.1, -0.05) is 53.9 Å². The number of ether oxygens (including phenoxy) is 1. The minimum absolute atomic E-state index is 0. The molecule has 1 aromatic carbocycles. The van der Waals surface area contributed by atoms with Crippen LogP contribution in [0.25, 0.3) is 0 Å². The lowest BCUT2D eigenvalue weighted by atomic mass is 9.43. The zero-order chi connectivity index (χ0) is 34.6. The van der Waals surface area contributed by atoms with Crippen LogP contribution in [0, 0.1) is 39.2 Å². The smallest absolute Gasteiger partial charge is 0.481 e. The summed E-state index contributed by atoms with van der Waals surface area (Å²) in [5.74, 6) is -0.903. The molecule has 3 aliphatic carbocycles. The van der Waals surface area contributed by atoms with Gasteiger partial charge in [-0.05, 0) is 92.9 Å². The Kier molecular flexibility index (Phi) is 13.3. The Bertz CT molecular complexity index is 1390. The van der Waals surface area contributed by atoms with Gasteiger partial charge in [-0.3, -0.25) is 4.79 Å². The van der Waals surface area contributed by atoms with E-state index in [1.807, 2.05) is 0 Å². The van der Waals surface area contributed by atoms with Gasteiger partial charge in [0, 0.05) is 6.54 Å². The van der Waals surface area contributed by atoms with Crippen LogP contribution in [0.15, 0.2) is 34.2 Å². The highest BCUT2D eigenvalue weighted by molar-refractivity contribution is 7.91. The van der Waals surface area contributed by atoms with Crippen molar-refractivity contribution in [1.82, 2.24) is 10.7 Å². The monoisotopic (exact) mass is 693 g/mol. The molecular formula is C33H56BN5O8S. The van der Waals surface area contributed by atoms with E-state index in [-0.39, 0.29) is 55.1 Å². The molecule has 3 saturated carbocycles. The summed E-state index contributed by atoms with van der Waals surface area (Å²) in [4.78, 5) is 28.6. The predicted molar refractivity (Wildman–Crippen MR) is 186 cm³/mol. The molecule has 6 atom stereocenters. The molecule has 1 saturated heterocycles. The summed E-state index contributed by atoms with van der Waals surface area (Å²) in [7, 11) is -4.53. The first kappa shape index (κ1) is 39.5. The van der Waals surface area contributed by atoms with Crippen molar-refractivity contribution in [2.24, 2.45) is 39.8 Å². The summed E-state index contributed by atoms with van der Waals surface area (Å²) in [5.41, 5.74) is 7.03. The van der Waals surface area contributed by atoms with Crippen LogP contribution in [-0.4, -0.2) is 69.0 Å². The van der Waals surface area contributed by atoms with Crippen LogP contribution in [0.1, 0.15) is 93.9 Å². The van der Waals surface area contributed by atoms with E-state index < -0.39 is 51.1 Å². The number of hydrazine groups is 1. The maximum absolute atomic E-state index is 14.0. The lowest BCUT2D eigenvalue weighted by Gasteiger charge is -2.64. The number of hydrogen-bond donors (Lipinski definition) is 3. The van der Waals surface area contributed by atoms with E-state index in [1.54, 1.807) is 17.6 Å². The van der Waals surface area contributed by atoms with Crippen LogP contribution in [-0.2, 0) is 23.9 Å². The van der Waals surface area contributed by atoms with Gasteiger partial charge in [-0.25, -0.2) is 23.5 Å². The van der Waals surface area contributed by atoms with E-state index in [2.05, 4.69) is 51.9 Å². The number of nitrogens with two attached hydrogens (primary N) is 1. The molecule has 1 aromatic rings. The molecule has 4 aliphatic rings. The van der Waals surface area contributed by atoms with E-state index in [1.165, 1.54) is 12.1 Å². The van der Waals surface area contributed by atoms with E-state index in [0.29, 0.717) is 30.6 Å². The molecule has 0 aromatic heterocycles. The number of benzene rings is 1. The molecule has 4 N–H and O–H groups in total. The van der Waals surface area contributed by atoms with Gasteiger partial charge >= 0.3 is 7.12 Å². The zero-order valence-electron chi connectivity index (χ0n) is 28.6. The van der Waals surface area contributed by atoms with Crippen molar-refractivity contribution in [1.29, 1.82) is 0 Å². The minimum atomic E-state index is -3.88. The van der Waals surface area contributed by atoms with Crippen molar-refractivity contribution >= 4 is 28.8 Å². The van der Waals surface area contributed by atoms with Gasteiger partial charge in [-0.15, -0.1) is 0 Å². The van der Waals surface area contributed by atoms with Gasteiger partial charge in [0.25, 0.3) is 5.96 Å². The van der Waals surface area contributed by atoms with Crippen molar-refractivity contribution in [2.75, 3.05) is 18.9 Å². The number of carbonyl (C=O) groups is 1. The number of unbranched alkanes of at least 4 members (excludes halogenated alkanes) is 1. The quantitative estimate of drug-likeness (QED) is 0.0522. The fourth-order valence-electron chi connectivity index (χ4n) is 7.51. The van der Waals surface area contributed by atoms with E-state index in [4.69, 9.17) is 19.8 Å². The summed E-state index contributed by atoms with van der Waals surface area (Å²) in [5, 5.41) is 12.9. The lowest BCUT2D eigenvalue weighted by molar-refractivity contribution is -0.525. The molecule has 0 spiro atoms. The topological polar surface area (TPSA) is 184 Å². The molecule has 5 rings (SSSR count). The van der Waals surface area contributed by atoms with E-state index in [9.17, 15) is 23.3 Å². The summed E-state index contributed by atoms with van der Waals surface area (Å²) >= 11 is 0. The Morgan fingerprint density at radius 3 is 2.50 bits per heavy atom. The Hall–Kier alpha value is -2.91. The molecule has 2 bridgehead atoms. The highest BCUT2D eigenvalue weighted by atomic mass is 32.2. The van der Waals surface area contributed by atoms with Crippen LogP contribution >= 0.6 is 0 Å². The number of nitro groups is 1. The van der Waals surface area contributed by atoms with Crippen molar-refractivity contribution in [2.45, 2.75) is 116 Å². The Balaban J connectivity index is 0.00000625. The normalized spacial score (nSPS) is 25.7. The molecule has 1 amide bonds. The molecule has 0 radical (unpaired) electrons. The second-order valence-electron chi connectivity index (χ2n) is 14.5. The molecule has 0 unspecified atom stereocenters. The van der Waals surface area contributed by atoms with E-state index in [0.717, 1.165) is 25.7 Å². The molecule has 270 valence electrons. The standard InChI is InChI=1S/C32H52BN5O8S.CH4/c1-7-8-16-44-24-11-13-25(14-12-24)47(42,43)20-22(10-9-15-35-30(34)37-38(40)41)29(39)36-28(17-21(2)3)33-45-27-19-23-18-26(31(23,4)5)32(27,6)46-33;/h11-14,21-23,26-28H,7-10,15-20H2,1-6H3,(H,36,39)(H3,34,35,37);1H4/t22-,23+,26+,27-,28+,32+;/m1./s1. The molecule has 1 heterocycles. The van der Waals surface area contributed by atoms with Gasteiger partial charge in [-0.2, -0.15) is 0 Å². The first-order valence-electron chi connectivity index (χ1n) is 16.9. The summed E-state index contributed by atoms with van der Waals surface area (Å²) < 4.78 is 46.1. The van der Waals surface area contributed by atoms with Crippen molar-refractivity contribution in [3.05, 3.63) is 34.4 Å². The molecule has 48 heavy (non-hydrogen) atoms. The number of carbonyl (C=O) groups excluding carboxylic acids is 1. The number of guanidine groups is 1. The maximum Gasteiger partial charge on any atom is 0.481 e. The van der Waals surface area contributed by atoms with Gasteiger partial charge in [0.05, 0.1) is 40.8 Å². The van der Waals surface area contributed by atoms with Gasteiger partial charge in [0.1, 0.15) is 5.75 Å². The number of nitrogens with zero attached hydrogens (tertiary/aromatic N) is 2. The summed E-state index contributed by atoms with van der Waals surface area (Å²) in [6.45, 7) is 13.5. The second-order valence-corrected chi connectivity index (χ2v) is 16.5. The first-order chi connectivity index (χ1) is 22.1. The zero-order valence-corrected chi connectivity index (χ0v) is 29.4. The van der Waals surface area contributed by atoms with Gasteiger partial charge in [0.15, 0.2) is 14.9 Å². The number of rotatable bonds is 17. The third-order valence-corrected chi connectivity index (χ3v) is 12.1. The second kappa shape index (κ2) is 16.2. The largest absolute Gasteiger partial charge is 0.494 e. The van der Waals surface area contributed by atoms with E-state index >= 15 is 0 Å². The van der Waals surface area contributed by atoms with Crippen LogP contribution in [0.3, 0.4) is 0 Å². The molecule has 13 nitrogen and oxygen atoms in total. The first-order valence-corrected chi connectivity index (χ1v) is 18.5. The van der Waals surface area contributed by atoms with Gasteiger partial charge in [0.2, 0.25) is 5.91 Å². The van der Waals surface area contributed by atoms with Crippen molar-refractivity contribution in [3.63, 3.8) is 0 Å². The molecule has 15 heteroatoms. The van der Waals surface area contributed by atoms with Crippen LogP contribution < -0.4 is 21.2 Å². The fraction of sp³-hybridized carbons (Fsp3) is 0.758. The highest BCUT2D eigenvalue weighted by Crippen LogP contribution is 2.65. The van der Waals surface area contributed by atoms with Crippen LogP contribution in [0.5, 0.6) is 5.75 Å². The molecular weight excluding hydrogens is 637 g/mol. The Morgan fingerprint density at radius 1 is 1.21 bits per heavy atom. The number of aliphatic imine (C=N–C) groups is 1. The Labute approximate surface area is 286 Å². The number of hydrogen-bond acceptors (Lipinski definition) is 9. The third kappa shape index (κ3) is 9.20. The maximum atomic E-state index is 14.0. The third-order valence-electron chi connectivity index (χ3n) is 10.3. The van der Waals surface area contributed by atoms with Crippen molar-refractivity contribution in [3.8, 4) is 5.75 Å². The fourth-order valence-corrected chi connectivity index (χ4v) is 9.10. The molecule has 4 fully saturated rings. The molecule has 1 aliphatic heterocycles. The van der Waals surface area contributed by atoms with Crippen LogP contribution in [0.2, 0.25) is 0 Å². The Morgan fingerprint density at radius 2 is 1.90 bits per heavy atom. The van der Waals surface area contributed by atoms with Crippen molar-refractivity contribution < 1.29 is 32.3 Å². The van der Waals surface area contributed by atoms with Gasteiger partial charge < -0.3 is 25.1 Å². The van der Waals surface area contributed by atoms with Crippen LogP contribution in [0.4, 0.5) is 0 Å². The summed E-state index contributed by atoms with van der Waals surface area (Å²) in [6, 6.07) is 6.24. The SMILES string of the molecule is C.CCCCOc1ccc(S(=O)(=O)C[C@@H](CCCN=C(N)N[N+](=O)[O-])C(=O)N[C@@H](CC(C)C)B2O[C@@H]3C[C@@H]4C[C@@H](C4(C)C)[C@]3(C)O2)cc1. The number of nitrogens with one attached hydrogen (secondary N) is 2. The number of sulfone groups is 1. The summed E-state index contributed by atoms with van der Waals surface area (Å²) in [6.07, 6.45) is 4.86. The average molecular weight is 694 g/mol. The lowest BCUT2D eigenvalue weighted by Crippen LogP contribution is -2.65. The minimum Gasteiger partial charge on any atom is -0.494 e. The number of amides is 1. The highest BCUT2D eigenvalue weighted by Gasteiger charge is 2.68. The average Bonchev–Trinajstić information content (AvgIpc) is 3.35. The predicted octanol–water partition coefficient (Wildman–Crippen LogP) is 4.57.